The third kappa shape index (κ3) is 4.94. The Morgan fingerprint density at radius 3 is 2.24 bits per heavy atom. The van der Waals surface area contributed by atoms with Gasteiger partial charge in [0.2, 0.25) is 5.75 Å². The molecular weight excluding hydrogens is 486 g/mol. The number of rotatable bonds is 7. The summed E-state index contributed by atoms with van der Waals surface area (Å²) in [5.74, 6) is 1.29. The zero-order valence-corrected chi connectivity index (χ0v) is 21.0. The predicted molar refractivity (Wildman–Crippen MR) is 143 cm³/mol. The van der Waals surface area contributed by atoms with Crippen molar-refractivity contribution in [3.63, 3.8) is 0 Å². The average molecular weight is 512 g/mol. The van der Waals surface area contributed by atoms with E-state index in [0.717, 1.165) is 22.5 Å². The van der Waals surface area contributed by atoms with E-state index in [1.54, 1.807) is 18.2 Å². The Balaban J connectivity index is 1.40. The third-order valence-electron chi connectivity index (χ3n) is 6.00. The zero-order valence-electron chi connectivity index (χ0n) is 21.0. The van der Waals surface area contributed by atoms with Crippen LogP contribution in [0.2, 0.25) is 0 Å². The first kappa shape index (κ1) is 24.6. The van der Waals surface area contributed by atoms with Crippen LogP contribution in [0.4, 0.5) is 11.4 Å². The SMILES string of the molecule is COc1cc(C(=O)Nc2cccc(-c3cccc(-c4ccc5c(c4)NC(=O)CO5)n3)c2)cc(OC)c1OC. The molecule has 9 heteroatoms. The third-order valence-corrected chi connectivity index (χ3v) is 6.00. The van der Waals surface area contributed by atoms with Crippen molar-refractivity contribution < 1.29 is 28.5 Å². The molecule has 5 rings (SSSR count). The summed E-state index contributed by atoms with van der Waals surface area (Å²) >= 11 is 0. The van der Waals surface area contributed by atoms with E-state index in [9.17, 15) is 9.59 Å². The average Bonchev–Trinajstić information content (AvgIpc) is 2.96. The van der Waals surface area contributed by atoms with E-state index in [1.165, 1.54) is 21.3 Å². The number of methoxy groups -OCH3 is 3. The van der Waals surface area contributed by atoms with Gasteiger partial charge in [0, 0.05) is 22.4 Å². The van der Waals surface area contributed by atoms with Crippen molar-refractivity contribution in [1.29, 1.82) is 0 Å². The van der Waals surface area contributed by atoms with E-state index in [4.69, 9.17) is 23.9 Å². The van der Waals surface area contributed by atoms with Crippen molar-refractivity contribution >= 4 is 23.2 Å². The summed E-state index contributed by atoms with van der Waals surface area (Å²) in [6.45, 7) is 0.00646. The lowest BCUT2D eigenvalue weighted by molar-refractivity contribution is -0.118. The van der Waals surface area contributed by atoms with Gasteiger partial charge in [0.05, 0.1) is 38.4 Å². The minimum Gasteiger partial charge on any atom is -0.493 e. The van der Waals surface area contributed by atoms with Crippen LogP contribution in [0.5, 0.6) is 23.0 Å². The number of hydrogen-bond acceptors (Lipinski definition) is 7. The van der Waals surface area contributed by atoms with E-state index in [1.807, 2.05) is 54.6 Å². The van der Waals surface area contributed by atoms with Crippen LogP contribution < -0.4 is 29.6 Å². The fourth-order valence-electron chi connectivity index (χ4n) is 4.17. The van der Waals surface area contributed by atoms with Gasteiger partial charge in [-0.3, -0.25) is 9.59 Å². The van der Waals surface area contributed by atoms with Crippen molar-refractivity contribution in [3.8, 4) is 45.5 Å². The van der Waals surface area contributed by atoms with Crippen LogP contribution in [0, 0.1) is 0 Å². The fourth-order valence-corrected chi connectivity index (χ4v) is 4.17. The molecule has 0 fully saturated rings. The van der Waals surface area contributed by atoms with Gasteiger partial charge in [-0.25, -0.2) is 4.98 Å². The number of pyridine rings is 1. The molecule has 0 bridgehead atoms. The summed E-state index contributed by atoms with van der Waals surface area (Å²) in [5, 5.41) is 5.74. The molecule has 1 aliphatic rings. The van der Waals surface area contributed by atoms with Crippen molar-refractivity contribution in [3.05, 3.63) is 78.4 Å². The first-order valence-corrected chi connectivity index (χ1v) is 11.7. The maximum absolute atomic E-state index is 13.1. The summed E-state index contributed by atoms with van der Waals surface area (Å²) in [7, 11) is 4.50. The lowest BCUT2D eigenvalue weighted by atomic mass is 10.1. The van der Waals surface area contributed by atoms with Crippen LogP contribution in [0.25, 0.3) is 22.5 Å². The maximum Gasteiger partial charge on any atom is 0.262 e. The molecule has 1 aliphatic heterocycles. The van der Waals surface area contributed by atoms with E-state index in [-0.39, 0.29) is 18.4 Å². The standard InChI is InChI=1S/C29H25N3O6/c1-35-25-14-19(15-26(36-2)28(25)37-3)29(34)30-20-7-4-6-17(12-20)21-8-5-9-22(31-21)18-10-11-24-23(13-18)32-27(33)16-38-24/h4-15H,16H2,1-3H3,(H,30,34)(H,32,33). The number of nitrogens with zero attached hydrogens (tertiary/aromatic N) is 1. The number of amides is 2. The predicted octanol–water partition coefficient (Wildman–Crippen LogP) is 5.02. The second-order valence-electron chi connectivity index (χ2n) is 8.40. The molecule has 2 amide bonds. The van der Waals surface area contributed by atoms with Crippen LogP contribution in [0.1, 0.15) is 10.4 Å². The molecule has 192 valence electrons. The Bertz CT molecular complexity index is 1510. The van der Waals surface area contributed by atoms with Crippen LogP contribution in [0.15, 0.2) is 72.8 Å². The number of anilines is 2. The van der Waals surface area contributed by atoms with Crippen molar-refractivity contribution in [2.75, 3.05) is 38.6 Å². The van der Waals surface area contributed by atoms with E-state index in [2.05, 4.69) is 10.6 Å². The summed E-state index contributed by atoms with van der Waals surface area (Å²) in [6.07, 6.45) is 0. The van der Waals surface area contributed by atoms with Gasteiger partial charge in [-0.05, 0) is 54.6 Å². The van der Waals surface area contributed by atoms with Crippen LogP contribution in [-0.4, -0.2) is 44.7 Å². The quantitative estimate of drug-likeness (QED) is 0.359. The minimum atomic E-state index is -0.332. The number of carbonyl (C=O) groups excluding carboxylic acids is 2. The molecule has 0 atom stereocenters. The van der Waals surface area contributed by atoms with Gasteiger partial charge in [-0.15, -0.1) is 0 Å². The number of fused-ring (bicyclic) bond motifs is 1. The first-order chi connectivity index (χ1) is 18.5. The van der Waals surface area contributed by atoms with Crippen molar-refractivity contribution in [2.24, 2.45) is 0 Å². The molecule has 38 heavy (non-hydrogen) atoms. The molecule has 3 aromatic carbocycles. The van der Waals surface area contributed by atoms with Gasteiger partial charge in [-0.2, -0.15) is 0 Å². The largest absolute Gasteiger partial charge is 0.493 e. The van der Waals surface area contributed by atoms with Crippen LogP contribution >= 0.6 is 0 Å². The van der Waals surface area contributed by atoms with Crippen molar-refractivity contribution in [2.45, 2.75) is 0 Å². The number of aromatic nitrogens is 1. The highest BCUT2D eigenvalue weighted by Crippen LogP contribution is 2.38. The number of ether oxygens (including phenoxy) is 4. The van der Waals surface area contributed by atoms with Crippen LogP contribution in [0.3, 0.4) is 0 Å². The zero-order chi connectivity index (χ0) is 26.6. The maximum atomic E-state index is 13.1. The first-order valence-electron chi connectivity index (χ1n) is 11.7. The smallest absolute Gasteiger partial charge is 0.262 e. The van der Waals surface area contributed by atoms with Gasteiger partial charge in [-0.1, -0.05) is 18.2 Å². The highest BCUT2D eigenvalue weighted by atomic mass is 16.5. The molecule has 4 aromatic rings. The number of benzene rings is 3. The Labute approximate surface area is 219 Å². The summed E-state index contributed by atoms with van der Waals surface area (Å²) in [5.41, 5.74) is 4.69. The molecule has 1 aromatic heterocycles. The molecule has 9 nitrogen and oxygen atoms in total. The molecule has 0 aliphatic carbocycles. The molecule has 0 radical (unpaired) electrons. The topological polar surface area (TPSA) is 108 Å². The minimum absolute atomic E-state index is 0.00646. The highest BCUT2D eigenvalue weighted by Gasteiger charge is 2.18. The van der Waals surface area contributed by atoms with Gasteiger partial charge in [0.1, 0.15) is 5.75 Å². The molecule has 0 saturated heterocycles. The van der Waals surface area contributed by atoms with Gasteiger partial charge in [0.15, 0.2) is 18.1 Å². The molecule has 0 unspecified atom stereocenters. The molecule has 0 saturated carbocycles. The fraction of sp³-hybridized carbons (Fsp3) is 0.138. The Morgan fingerprint density at radius 1 is 0.868 bits per heavy atom. The second kappa shape index (κ2) is 10.5. The summed E-state index contributed by atoms with van der Waals surface area (Å²) < 4.78 is 21.5. The summed E-state index contributed by atoms with van der Waals surface area (Å²) in [4.78, 5) is 29.6. The Morgan fingerprint density at radius 2 is 1.55 bits per heavy atom. The number of nitrogens with one attached hydrogen (secondary N) is 2. The van der Waals surface area contributed by atoms with E-state index < -0.39 is 0 Å². The molecule has 0 spiro atoms. The lowest BCUT2D eigenvalue weighted by Gasteiger charge is -2.18. The van der Waals surface area contributed by atoms with Crippen LogP contribution in [-0.2, 0) is 4.79 Å². The van der Waals surface area contributed by atoms with Gasteiger partial charge >= 0.3 is 0 Å². The van der Waals surface area contributed by atoms with Gasteiger partial charge < -0.3 is 29.6 Å². The molecule has 2 heterocycles. The normalized spacial score (nSPS) is 12.0. The molecule has 2 N–H and O–H groups in total. The second-order valence-corrected chi connectivity index (χ2v) is 8.40. The number of carbonyl (C=O) groups is 2. The monoisotopic (exact) mass is 511 g/mol. The molecular formula is C29H25N3O6. The van der Waals surface area contributed by atoms with Gasteiger partial charge in [0.25, 0.3) is 11.8 Å². The van der Waals surface area contributed by atoms with E-state index in [0.29, 0.717) is 39.9 Å². The summed E-state index contributed by atoms with van der Waals surface area (Å²) in [6, 6.07) is 21.9. The highest BCUT2D eigenvalue weighted by molar-refractivity contribution is 6.05. The van der Waals surface area contributed by atoms with E-state index >= 15 is 0 Å². The number of hydrogen-bond donors (Lipinski definition) is 2. The Hall–Kier alpha value is -5.05. The lowest BCUT2D eigenvalue weighted by Crippen LogP contribution is -2.25. The Kier molecular flexibility index (Phi) is 6.82. The van der Waals surface area contributed by atoms with Crippen molar-refractivity contribution in [1.82, 2.24) is 4.98 Å².